The number of hydrogen-bond acceptors (Lipinski definition) is 2. The molecule has 1 rings (SSSR count). The van der Waals surface area contributed by atoms with Crippen LogP contribution in [0.1, 0.15) is 39.7 Å². The number of nitrogens with two attached hydrogens (primary N) is 1. The highest BCUT2D eigenvalue weighted by Crippen LogP contribution is 2.22. The van der Waals surface area contributed by atoms with E-state index in [0.717, 1.165) is 25.2 Å². The first-order chi connectivity index (χ1) is 7.88. The van der Waals surface area contributed by atoms with E-state index in [4.69, 9.17) is 10.5 Å². The summed E-state index contributed by atoms with van der Waals surface area (Å²) in [7, 11) is 0. The Morgan fingerprint density at radius 2 is 1.88 bits per heavy atom. The van der Waals surface area contributed by atoms with Crippen LogP contribution in [0.4, 0.5) is 0 Å². The third-order valence-electron chi connectivity index (χ3n) is 2.62. The van der Waals surface area contributed by atoms with Crippen molar-refractivity contribution >= 4 is 0 Å². The van der Waals surface area contributed by atoms with Gasteiger partial charge in [-0.05, 0) is 36.8 Å². The first kappa shape index (κ1) is 14.0. The van der Waals surface area contributed by atoms with Crippen LogP contribution in [0.5, 0.6) is 5.75 Å². The molecule has 0 radical (unpaired) electrons. The normalized spacial score (nSPS) is 13.5. The van der Waals surface area contributed by atoms with Crippen LogP contribution in [-0.4, -0.2) is 12.6 Å². The lowest BCUT2D eigenvalue weighted by molar-refractivity contribution is 0.241. The molecule has 0 amide bonds. The van der Waals surface area contributed by atoms with Gasteiger partial charge in [0, 0.05) is 6.04 Å². The van der Waals surface area contributed by atoms with Crippen LogP contribution in [-0.2, 0) is 6.42 Å². The molecule has 0 heterocycles. The molecule has 0 bridgehead atoms. The van der Waals surface area contributed by atoms with Crippen LogP contribution in [0.2, 0.25) is 0 Å². The lowest BCUT2D eigenvalue weighted by atomic mass is 9.93. The standard InChI is InChI=1S/C15H25NO/c1-12(16)11-13-7-5-6-8-14(13)17-10-9-15(2,3)4/h5-8,12H,9-11,16H2,1-4H3. The molecule has 0 aliphatic carbocycles. The van der Waals surface area contributed by atoms with Crippen molar-refractivity contribution in [2.75, 3.05) is 6.61 Å². The molecule has 1 aromatic rings. The van der Waals surface area contributed by atoms with Gasteiger partial charge in [-0.15, -0.1) is 0 Å². The minimum Gasteiger partial charge on any atom is -0.493 e. The Balaban J connectivity index is 2.58. The van der Waals surface area contributed by atoms with Crippen molar-refractivity contribution in [3.8, 4) is 5.75 Å². The first-order valence-electron chi connectivity index (χ1n) is 6.35. The quantitative estimate of drug-likeness (QED) is 0.849. The van der Waals surface area contributed by atoms with E-state index in [2.05, 4.69) is 26.8 Å². The molecule has 0 saturated carbocycles. The molecule has 2 N–H and O–H groups in total. The average molecular weight is 235 g/mol. The van der Waals surface area contributed by atoms with E-state index >= 15 is 0 Å². The van der Waals surface area contributed by atoms with Crippen LogP contribution in [0.25, 0.3) is 0 Å². The summed E-state index contributed by atoms with van der Waals surface area (Å²) in [5.41, 5.74) is 7.36. The van der Waals surface area contributed by atoms with E-state index in [1.165, 1.54) is 5.56 Å². The summed E-state index contributed by atoms with van der Waals surface area (Å²) in [6.07, 6.45) is 1.92. The zero-order valence-electron chi connectivity index (χ0n) is 11.5. The number of benzene rings is 1. The van der Waals surface area contributed by atoms with Crippen LogP contribution >= 0.6 is 0 Å². The molecule has 0 aliphatic rings. The van der Waals surface area contributed by atoms with Gasteiger partial charge in [0.15, 0.2) is 0 Å². The van der Waals surface area contributed by atoms with E-state index < -0.39 is 0 Å². The summed E-state index contributed by atoms with van der Waals surface area (Å²) in [6, 6.07) is 8.34. The molecule has 96 valence electrons. The molecule has 2 heteroatoms. The van der Waals surface area contributed by atoms with E-state index in [0.29, 0.717) is 5.41 Å². The topological polar surface area (TPSA) is 35.2 Å². The first-order valence-corrected chi connectivity index (χ1v) is 6.35. The molecule has 0 aliphatic heterocycles. The molecule has 1 atom stereocenters. The van der Waals surface area contributed by atoms with Crippen LogP contribution in [0.15, 0.2) is 24.3 Å². The summed E-state index contributed by atoms with van der Waals surface area (Å²) >= 11 is 0. The lowest BCUT2D eigenvalue weighted by Gasteiger charge is -2.19. The van der Waals surface area contributed by atoms with E-state index in [9.17, 15) is 0 Å². The minimum absolute atomic E-state index is 0.169. The Morgan fingerprint density at radius 1 is 1.24 bits per heavy atom. The Labute approximate surface area is 105 Å². The fraction of sp³-hybridized carbons (Fsp3) is 0.600. The molecule has 1 aromatic carbocycles. The minimum atomic E-state index is 0.169. The molecule has 0 fully saturated rings. The van der Waals surface area contributed by atoms with Crippen molar-refractivity contribution in [3.05, 3.63) is 29.8 Å². The van der Waals surface area contributed by atoms with Crippen molar-refractivity contribution in [2.24, 2.45) is 11.1 Å². The third kappa shape index (κ3) is 5.73. The largest absolute Gasteiger partial charge is 0.493 e. The highest BCUT2D eigenvalue weighted by atomic mass is 16.5. The van der Waals surface area contributed by atoms with Gasteiger partial charge in [-0.3, -0.25) is 0 Å². The highest BCUT2D eigenvalue weighted by molar-refractivity contribution is 5.33. The Bertz CT molecular complexity index is 339. The van der Waals surface area contributed by atoms with Crippen molar-refractivity contribution in [3.63, 3.8) is 0 Å². The fourth-order valence-electron chi connectivity index (χ4n) is 1.63. The molecule has 0 spiro atoms. The van der Waals surface area contributed by atoms with E-state index in [1.54, 1.807) is 0 Å². The molecule has 0 aromatic heterocycles. The van der Waals surface area contributed by atoms with Crippen LogP contribution < -0.4 is 10.5 Å². The lowest BCUT2D eigenvalue weighted by Crippen LogP contribution is -2.18. The van der Waals surface area contributed by atoms with Crippen molar-refractivity contribution in [1.82, 2.24) is 0 Å². The highest BCUT2D eigenvalue weighted by Gasteiger charge is 2.11. The van der Waals surface area contributed by atoms with Gasteiger partial charge < -0.3 is 10.5 Å². The van der Waals surface area contributed by atoms with Gasteiger partial charge in [0.05, 0.1) is 6.61 Å². The summed E-state index contributed by atoms with van der Waals surface area (Å²) in [4.78, 5) is 0. The number of para-hydroxylation sites is 1. The van der Waals surface area contributed by atoms with E-state index in [1.807, 2.05) is 25.1 Å². The second kappa shape index (κ2) is 6.06. The van der Waals surface area contributed by atoms with Gasteiger partial charge in [-0.2, -0.15) is 0 Å². The number of hydrogen-bond donors (Lipinski definition) is 1. The maximum Gasteiger partial charge on any atom is 0.122 e. The zero-order valence-corrected chi connectivity index (χ0v) is 11.5. The predicted molar refractivity (Wildman–Crippen MR) is 73.4 cm³/mol. The number of rotatable bonds is 5. The molecular formula is C15H25NO. The maximum absolute atomic E-state index is 5.86. The SMILES string of the molecule is CC(N)Cc1ccccc1OCCC(C)(C)C. The van der Waals surface area contributed by atoms with Gasteiger partial charge in [-0.1, -0.05) is 39.0 Å². The molecular weight excluding hydrogens is 210 g/mol. The van der Waals surface area contributed by atoms with Crippen molar-refractivity contribution in [2.45, 2.75) is 46.6 Å². The van der Waals surface area contributed by atoms with Gasteiger partial charge in [0.1, 0.15) is 5.75 Å². The average Bonchev–Trinajstić information content (AvgIpc) is 2.18. The van der Waals surface area contributed by atoms with Crippen molar-refractivity contribution in [1.29, 1.82) is 0 Å². The van der Waals surface area contributed by atoms with Gasteiger partial charge >= 0.3 is 0 Å². The molecule has 2 nitrogen and oxygen atoms in total. The van der Waals surface area contributed by atoms with Gasteiger partial charge in [0.25, 0.3) is 0 Å². The number of ether oxygens (including phenoxy) is 1. The smallest absolute Gasteiger partial charge is 0.122 e. The Morgan fingerprint density at radius 3 is 2.47 bits per heavy atom. The Hall–Kier alpha value is -1.02. The van der Waals surface area contributed by atoms with E-state index in [-0.39, 0.29) is 6.04 Å². The monoisotopic (exact) mass is 235 g/mol. The summed E-state index contributed by atoms with van der Waals surface area (Å²) in [5.74, 6) is 0.981. The summed E-state index contributed by atoms with van der Waals surface area (Å²) in [5, 5.41) is 0. The summed E-state index contributed by atoms with van der Waals surface area (Å²) in [6.45, 7) is 9.46. The molecule has 17 heavy (non-hydrogen) atoms. The van der Waals surface area contributed by atoms with Crippen LogP contribution in [0, 0.1) is 5.41 Å². The third-order valence-corrected chi connectivity index (χ3v) is 2.62. The summed E-state index contributed by atoms with van der Waals surface area (Å²) < 4.78 is 5.86. The second-order valence-corrected chi connectivity index (χ2v) is 5.95. The second-order valence-electron chi connectivity index (χ2n) is 5.95. The molecule has 0 saturated heterocycles. The maximum atomic E-state index is 5.86. The van der Waals surface area contributed by atoms with Crippen LogP contribution in [0.3, 0.4) is 0 Å². The molecule has 1 unspecified atom stereocenters. The Kier molecular flexibility index (Phi) is 5.01. The predicted octanol–water partition coefficient (Wildman–Crippen LogP) is 3.39. The van der Waals surface area contributed by atoms with Gasteiger partial charge in [-0.25, -0.2) is 0 Å². The fourth-order valence-corrected chi connectivity index (χ4v) is 1.63. The van der Waals surface area contributed by atoms with Crippen molar-refractivity contribution < 1.29 is 4.74 Å². The van der Waals surface area contributed by atoms with Gasteiger partial charge in [0.2, 0.25) is 0 Å². The zero-order chi connectivity index (χ0) is 12.9.